The molecular formula is C23H26N4O6S. The lowest BCUT2D eigenvalue weighted by molar-refractivity contribution is -0.150. The van der Waals surface area contributed by atoms with Crippen molar-refractivity contribution in [2.75, 3.05) is 17.6 Å². The van der Waals surface area contributed by atoms with Crippen molar-refractivity contribution < 1.29 is 29.0 Å². The van der Waals surface area contributed by atoms with Gasteiger partial charge in [-0.05, 0) is 39.3 Å². The molecule has 0 aliphatic carbocycles. The normalized spacial score (nSPS) is 20.0. The zero-order valence-electron chi connectivity index (χ0n) is 19.2. The van der Waals surface area contributed by atoms with Crippen molar-refractivity contribution in [2.45, 2.75) is 44.7 Å². The summed E-state index contributed by atoms with van der Waals surface area (Å²) in [5.41, 5.74) is 1.15. The Morgan fingerprint density at radius 3 is 2.62 bits per heavy atom. The molecule has 10 nitrogen and oxygen atoms in total. The van der Waals surface area contributed by atoms with E-state index in [2.05, 4.69) is 10.6 Å². The van der Waals surface area contributed by atoms with Gasteiger partial charge in [0.25, 0.3) is 5.91 Å². The average Bonchev–Trinajstić information content (AvgIpc) is 3.13. The van der Waals surface area contributed by atoms with Crippen LogP contribution in [0.25, 0.3) is 10.9 Å². The number of aromatic nitrogens is 1. The quantitative estimate of drug-likeness (QED) is 0.550. The third-order valence-corrected chi connectivity index (χ3v) is 6.84. The van der Waals surface area contributed by atoms with Gasteiger partial charge in [0, 0.05) is 17.3 Å². The number of nitrogens with one attached hydrogen (secondary N) is 2. The second-order valence-electron chi connectivity index (χ2n) is 9.15. The van der Waals surface area contributed by atoms with Crippen LogP contribution < -0.4 is 10.6 Å². The summed E-state index contributed by atoms with van der Waals surface area (Å²) in [6, 6.07) is 6.44. The Morgan fingerprint density at radius 2 is 1.94 bits per heavy atom. The van der Waals surface area contributed by atoms with Crippen molar-refractivity contribution in [3.8, 4) is 0 Å². The number of thioether (sulfide) groups is 1. The molecule has 2 amide bonds. The first-order valence-corrected chi connectivity index (χ1v) is 11.8. The minimum Gasteiger partial charge on any atom is -0.477 e. The summed E-state index contributed by atoms with van der Waals surface area (Å²) in [5, 5.41) is 15.4. The molecule has 1 fully saturated rings. The van der Waals surface area contributed by atoms with E-state index in [9.17, 15) is 24.3 Å². The fourth-order valence-corrected chi connectivity index (χ4v) is 5.25. The number of carboxylic acid groups (broad SMARTS) is 1. The molecular weight excluding hydrogens is 460 g/mol. The Balaban J connectivity index is 1.43. The number of aliphatic carboxylic acids is 1. The Morgan fingerprint density at radius 1 is 1.24 bits per heavy atom. The molecule has 2 aliphatic rings. The molecule has 1 saturated heterocycles. The third kappa shape index (κ3) is 4.35. The summed E-state index contributed by atoms with van der Waals surface area (Å²) < 4.78 is 6.85. The van der Waals surface area contributed by atoms with Crippen LogP contribution in [0.2, 0.25) is 0 Å². The van der Waals surface area contributed by atoms with E-state index in [1.807, 2.05) is 12.1 Å². The minimum absolute atomic E-state index is 0.00711. The van der Waals surface area contributed by atoms with E-state index in [1.165, 1.54) is 21.2 Å². The molecule has 0 saturated carbocycles. The van der Waals surface area contributed by atoms with Crippen LogP contribution >= 0.6 is 11.8 Å². The van der Waals surface area contributed by atoms with Crippen molar-refractivity contribution in [3.63, 3.8) is 0 Å². The van der Waals surface area contributed by atoms with E-state index in [4.69, 9.17) is 4.74 Å². The molecule has 0 bridgehead atoms. The maximum atomic E-state index is 12.6. The van der Waals surface area contributed by atoms with Gasteiger partial charge in [0.1, 0.15) is 22.7 Å². The second kappa shape index (κ2) is 8.71. The van der Waals surface area contributed by atoms with Gasteiger partial charge < -0.3 is 20.5 Å². The molecule has 2 aliphatic heterocycles. The molecule has 11 heteroatoms. The SMILES string of the molecule is CC1=C(C(=O)O)N2C(=O)C(NC(=O)CNc3cn(C(=O)OC(C)(C)C)c4ccccc34)[C@@H]2SC1. The number of carbonyl (C=O) groups excluding carboxylic acids is 3. The maximum Gasteiger partial charge on any atom is 0.419 e. The highest BCUT2D eigenvalue weighted by molar-refractivity contribution is 8.00. The molecule has 1 aromatic carbocycles. The lowest BCUT2D eigenvalue weighted by atomic mass is 10.0. The molecule has 180 valence electrons. The van der Waals surface area contributed by atoms with Gasteiger partial charge in [0.05, 0.1) is 17.7 Å². The number of carbonyl (C=O) groups is 4. The molecule has 4 rings (SSSR count). The summed E-state index contributed by atoms with van der Waals surface area (Å²) in [6.07, 6.45) is 1.04. The van der Waals surface area contributed by atoms with Crippen molar-refractivity contribution in [3.05, 3.63) is 41.7 Å². The van der Waals surface area contributed by atoms with Crippen molar-refractivity contribution in [1.29, 1.82) is 0 Å². The van der Waals surface area contributed by atoms with Gasteiger partial charge in [-0.2, -0.15) is 0 Å². The number of fused-ring (bicyclic) bond motifs is 2. The van der Waals surface area contributed by atoms with Crippen LogP contribution in [0.3, 0.4) is 0 Å². The number of carboxylic acids is 1. The van der Waals surface area contributed by atoms with E-state index < -0.39 is 40.9 Å². The van der Waals surface area contributed by atoms with Crippen molar-refractivity contribution >= 4 is 52.2 Å². The summed E-state index contributed by atoms with van der Waals surface area (Å²) in [4.78, 5) is 50.6. The number of nitrogens with zero attached hydrogens (tertiary/aromatic N) is 2. The maximum absolute atomic E-state index is 12.6. The van der Waals surface area contributed by atoms with Crippen LogP contribution in [0.4, 0.5) is 10.5 Å². The van der Waals surface area contributed by atoms with Gasteiger partial charge in [0.15, 0.2) is 0 Å². The van der Waals surface area contributed by atoms with Gasteiger partial charge in [-0.3, -0.25) is 19.1 Å². The lowest BCUT2D eigenvalue weighted by Gasteiger charge is -2.49. The van der Waals surface area contributed by atoms with Crippen LogP contribution in [0, 0.1) is 0 Å². The molecule has 2 aromatic rings. The number of benzene rings is 1. The summed E-state index contributed by atoms with van der Waals surface area (Å²) >= 11 is 1.42. The number of para-hydroxylation sites is 1. The fraction of sp³-hybridized carbons (Fsp3) is 0.391. The molecule has 1 unspecified atom stereocenters. The smallest absolute Gasteiger partial charge is 0.419 e. The standard InChI is InChI=1S/C23H26N4O6S/c1-12-11-34-20-17(19(29)27(20)18(12)21(30)31)25-16(28)9-24-14-10-26(22(32)33-23(2,3)4)15-8-6-5-7-13(14)15/h5-8,10,17,20,24H,9,11H2,1-4H3,(H,25,28)(H,30,31)/t17?,20-/m0/s1. The van der Waals surface area contributed by atoms with Gasteiger partial charge in [0.2, 0.25) is 5.91 Å². The number of hydrogen-bond donors (Lipinski definition) is 3. The molecule has 2 atom stereocenters. The Labute approximate surface area is 200 Å². The summed E-state index contributed by atoms with van der Waals surface area (Å²) in [7, 11) is 0. The molecule has 1 aromatic heterocycles. The molecule has 0 radical (unpaired) electrons. The number of hydrogen-bond acceptors (Lipinski definition) is 7. The van der Waals surface area contributed by atoms with E-state index in [0.29, 0.717) is 22.5 Å². The predicted molar refractivity (Wildman–Crippen MR) is 127 cm³/mol. The van der Waals surface area contributed by atoms with Gasteiger partial charge in [-0.1, -0.05) is 18.2 Å². The predicted octanol–water partition coefficient (Wildman–Crippen LogP) is 2.59. The van der Waals surface area contributed by atoms with E-state index in [0.717, 1.165) is 5.39 Å². The Kier molecular flexibility index (Phi) is 6.07. The van der Waals surface area contributed by atoms with Crippen LogP contribution in [-0.2, 0) is 19.1 Å². The summed E-state index contributed by atoms with van der Waals surface area (Å²) in [5.74, 6) is -1.53. The Hall–Kier alpha value is -3.47. The number of ether oxygens (including phenoxy) is 1. The molecule has 0 spiro atoms. The van der Waals surface area contributed by atoms with Gasteiger partial charge >= 0.3 is 12.1 Å². The number of rotatable bonds is 5. The van der Waals surface area contributed by atoms with Crippen LogP contribution in [0.15, 0.2) is 41.7 Å². The Bertz CT molecular complexity index is 1230. The van der Waals surface area contributed by atoms with Crippen molar-refractivity contribution in [2.24, 2.45) is 0 Å². The topological polar surface area (TPSA) is 130 Å². The zero-order chi connectivity index (χ0) is 24.8. The number of β-lactam (4-membered cyclic amide) rings is 1. The highest BCUT2D eigenvalue weighted by Crippen LogP contribution is 2.40. The summed E-state index contributed by atoms with van der Waals surface area (Å²) in [6.45, 7) is 6.89. The van der Waals surface area contributed by atoms with Gasteiger partial charge in [-0.15, -0.1) is 11.8 Å². The van der Waals surface area contributed by atoms with Crippen LogP contribution in [0.1, 0.15) is 27.7 Å². The average molecular weight is 487 g/mol. The highest BCUT2D eigenvalue weighted by Gasteiger charge is 2.53. The third-order valence-electron chi connectivity index (χ3n) is 5.42. The zero-order valence-corrected chi connectivity index (χ0v) is 20.1. The fourth-order valence-electron chi connectivity index (χ4n) is 3.96. The lowest BCUT2D eigenvalue weighted by Crippen LogP contribution is -2.70. The first-order valence-electron chi connectivity index (χ1n) is 10.7. The second-order valence-corrected chi connectivity index (χ2v) is 10.3. The van der Waals surface area contributed by atoms with E-state index >= 15 is 0 Å². The van der Waals surface area contributed by atoms with Crippen LogP contribution in [-0.4, -0.2) is 67.8 Å². The molecule has 3 N–H and O–H groups in total. The number of anilines is 1. The minimum atomic E-state index is -1.15. The van der Waals surface area contributed by atoms with Gasteiger partial charge in [-0.25, -0.2) is 9.59 Å². The monoisotopic (exact) mass is 486 g/mol. The first-order chi connectivity index (χ1) is 16.0. The van der Waals surface area contributed by atoms with Crippen molar-refractivity contribution in [1.82, 2.24) is 14.8 Å². The van der Waals surface area contributed by atoms with E-state index in [-0.39, 0.29) is 12.2 Å². The number of amides is 2. The molecule has 34 heavy (non-hydrogen) atoms. The highest BCUT2D eigenvalue weighted by atomic mass is 32.2. The molecule has 3 heterocycles. The van der Waals surface area contributed by atoms with E-state index in [1.54, 1.807) is 46.0 Å². The largest absolute Gasteiger partial charge is 0.477 e. The van der Waals surface area contributed by atoms with Crippen LogP contribution in [0.5, 0.6) is 0 Å². The first kappa shape index (κ1) is 23.7.